The van der Waals surface area contributed by atoms with Gasteiger partial charge in [-0.15, -0.1) is 0 Å². The minimum Gasteiger partial charge on any atom is -0.308 e. The van der Waals surface area contributed by atoms with Crippen molar-refractivity contribution in [3.05, 3.63) is 46.7 Å². The Balaban J connectivity index is 2.16. The van der Waals surface area contributed by atoms with E-state index in [2.05, 4.69) is 65.3 Å². The molecule has 1 heterocycles. The molecule has 4 heteroatoms. The molecule has 18 heavy (non-hydrogen) atoms. The molecule has 0 aliphatic carbocycles. The van der Waals surface area contributed by atoms with Crippen molar-refractivity contribution in [2.75, 3.05) is 0 Å². The lowest BCUT2D eigenvalue weighted by atomic mass is 10.1. The second kappa shape index (κ2) is 5.24. The lowest BCUT2D eigenvalue weighted by molar-refractivity contribution is 0.424. The Labute approximate surface area is 116 Å². The van der Waals surface area contributed by atoms with Crippen LogP contribution in [0.1, 0.15) is 26.3 Å². The summed E-state index contributed by atoms with van der Waals surface area (Å²) in [5.41, 5.74) is 2.44. The van der Waals surface area contributed by atoms with Crippen molar-refractivity contribution in [3.8, 4) is 5.69 Å². The third-order valence-corrected chi connectivity index (χ3v) is 3.35. The number of halogens is 1. The first-order valence-electron chi connectivity index (χ1n) is 5.99. The Kier molecular flexibility index (Phi) is 3.88. The van der Waals surface area contributed by atoms with Crippen LogP contribution in [0.5, 0.6) is 0 Å². The van der Waals surface area contributed by atoms with Gasteiger partial charge in [0.25, 0.3) is 0 Å². The number of benzene rings is 1. The fourth-order valence-corrected chi connectivity index (χ4v) is 2.11. The second-order valence-electron chi connectivity index (χ2n) is 5.33. The summed E-state index contributed by atoms with van der Waals surface area (Å²) in [6, 6.07) is 8.22. The normalized spacial score (nSPS) is 11.8. The molecule has 1 aromatic heterocycles. The summed E-state index contributed by atoms with van der Waals surface area (Å²) >= 11 is 3.62. The van der Waals surface area contributed by atoms with E-state index in [1.165, 1.54) is 5.56 Å². The second-order valence-corrected chi connectivity index (χ2v) is 6.18. The van der Waals surface area contributed by atoms with Gasteiger partial charge in [-0.1, -0.05) is 22.0 Å². The van der Waals surface area contributed by atoms with Crippen molar-refractivity contribution in [2.24, 2.45) is 0 Å². The van der Waals surface area contributed by atoms with E-state index in [4.69, 9.17) is 0 Å². The van der Waals surface area contributed by atoms with Gasteiger partial charge in [-0.2, -0.15) is 5.10 Å². The zero-order valence-electron chi connectivity index (χ0n) is 10.9. The molecule has 0 aliphatic heterocycles. The minimum atomic E-state index is 0.125. The summed E-state index contributed by atoms with van der Waals surface area (Å²) in [6.07, 6.45) is 3.72. The first kappa shape index (κ1) is 13.3. The predicted molar refractivity (Wildman–Crippen MR) is 77.9 cm³/mol. The topological polar surface area (TPSA) is 29.9 Å². The lowest BCUT2D eigenvalue weighted by Gasteiger charge is -2.21. The number of aromatic nitrogens is 2. The number of nitrogens with one attached hydrogen (secondary N) is 1. The quantitative estimate of drug-likeness (QED) is 0.940. The maximum absolute atomic E-state index is 4.22. The molecule has 3 nitrogen and oxygen atoms in total. The van der Waals surface area contributed by atoms with E-state index in [-0.39, 0.29) is 5.54 Å². The van der Waals surface area contributed by atoms with E-state index in [1.54, 1.807) is 6.20 Å². The van der Waals surface area contributed by atoms with E-state index in [1.807, 2.05) is 16.9 Å². The monoisotopic (exact) mass is 307 g/mol. The smallest absolute Gasteiger partial charge is 0.0656 e. The molecule has 1 N–H and O–H groups in total. The third kappa shape index (κ3) is 3.43. The van der Waals surface area contributed by atoms with Gasteiger partial charge in [0.15, 0.2) is 0 Å². The van der Waals surface area contributed by atoms with Gasteiger partial charge in [0.05, 0.1) is 5.69 Å². The molecule has 0 unspecified atom stereocenters. The molecule has 0 radical (unpaired) electrons. The molecule has 0 atom stereocenters. The third-order valence-electron chi connectivity index (χ3n) is 2.61. The van der Waals surface area contributed by atoms with Gasteiger partial charge in [0, 0.05) is 29.0 Å². The molecule has 2 rings (SSSR count). The zero-order chi connectivity index (χ0) is 13.2. The zero-order valence-corrected chi connectivity index (χ0v) is 12.5. The van der Waals surface area contributed by atoms with Crippen molar-refractivity contribution in [2.45, 2.75) is 32.9 Å². The van der Waals surface area contributed by atoms with E-state index < -0.39 is 0 Å². The molecule has 0 amide bonds. The van der Waals surface area contributed by atoms with Crippen LogP contribution in [0.25, 0.3) is 5.69 Å². The Morgan fingerprint density at radius 1 is 1.33 bits per heavy atom. The standard InChI is InChI=1S/C14H18BrN3/c1-14(2,3)16-10-11-5-6-12(9-13(11)15)18-8-4-7-17-18/h4-9,16H,10H2,1-3H3. The first-order chi connectivity index (χ1) is 8.46. The predicted octanol–water partition coefficient (Wildman–Crippen LogP) is 3.52. The van der Waals surface area contributed by atoms with Gasteiger partial charge >= 0.3 is 0 Å². The molecule has 2 aromatic rings. The molecule has 0 fully saturated rings. The molecule has 0 spiro atoms. The van der Waals surface area contributed by atoms with E-state index >= 15 is 0 Å². The highest BCUT2D eigenvalue weighted by atomic mass is 79.9. The Hall–Kier alpha value is -1.13. The molecule has 1 aromatic carbocycles. The van der Waals surface area contributed by atoms with Gasteiger partial charge in [-0.3, -0.25) is 0 Å². The van der Waals surface area contributed by atoms with Gasteiger partial charge < -0.3 is 5.32 Å². The van der Waals surface area contributed by atoms with Gasteiger partial charge in [0.2, 0.25) is 0 Å². The summed E-state index contributed by atoms with van der Waals surface area (Å²) in [5, 5.41) is 7.70. The van der Waals surface area contributed by atoms with Crippen LogP contribution in [0.15, 0.2) is 41.1 Å². The van der Waals surface area contributed by atoms with Crippen molar-refractivity contribution in [1.29, 1.82) is 0 Å². The summed E-state index contributed by atoms with van der Waals surface area (Å²) in [4.78, 5) is 0. The first-order valence-corrected chi connectivity index (χ1v) is 6.78. The largest absolute Gasteiger partial charge is 0.308 e. The summed E-state index contributed by atoms with van der Waals surface area (Å²) in [7, 11) is 0. The van der Waals surface area contributed by atoms with Crippen LogP contribution in [-0.4, -0.2) is 15.3 Å². The molecule has 0 aliphatic rings. The van der Waals surface area contributed by atoms with Crippen LogP contribution in [0.3, 0.4) is 0 Å². The van der Waals surface area contributed by atoms with Crippen LogP contribution in [0.2, 0.25) is 0 Å². The molecular weight excluding hydrogens is 290 g/mol. The highest BCUT2D eigenvalue weighted by Crippen LogP contribution is 2.21. The number of rotatable bonds is 3. The van der Waals surface area contributed by atoms with Crippen molar-refractivity contribution >= 4 is 15.9 Å². The summed E-state index contributed by atoms with van der Waals surface area (Å²) < 4.78 is 2.96. The van der Waals surface area contributed by atoms with Crippen molar-refractivity contribution in [3.63, 3.8) is 0 Å². The van der Waals surface area contributed by atoms with Crippen LogP contribution >= 0.6 is 15.9 Å². The van der Waals surface area contributed by atoms with Crippen molar-refractivity contribution in [1.82, 2.24) is 15.1 Å². The van der Waals surface area contributed by atoms with Gasteiger partial charge in [0.1, 0.15) is 0 Å². The van der Waals surface area contributed by atoms with Gasteiger partial charge in [-0.25, -0.2) is 4.68 Å². The average Bonchev–Trinajstić information content (AvgIpc) is 2.79. The highest BCUT2D eigenvalue weighted by Gasteiger charge is 2.10. The number of hydrogen-bond donors (Lipinski definition) is 1. The van der Waals surface area contributed by atoms with Crippen LogP contribution in [-0.2, 0) is 6.54 Å². The fourth-order valence-electron chi connectivity index (χ4n) is 1.60. The van der Waals surface area contributed by atoms with E-state index in [0.29, 0.717) is 0 Å². The Morgan fingerprint density at radius 2 is 2.11 bits per heavy atom. The van der Waals surface area contributed by atoms with Crippen LogP contribution in [0, 0.1) is 0 Å². The minimum absolute atomic E-state index is 0.125. The highest BCUT2D eigenvalue weighted by molar-refractivity contribution is 9.10. The molecule has 0 saturated carbocycles. The van der Waals surface area contributed by atoms with E-state index in [0.717, 1.165) is 16.7 Å². The molecule has 0 bridgehead atoms. The van der Waals surface area contributed by atoms with Crippen LogP contribution < -0.4 is 5.32 Å². The molecule has 96 valence electrons. The SMILES string of the molecule is CC(C)(C)NCc1ccc(-n2cccn2)cc1Br. The Bertz CT molecular complexity index is 512. The Morgan fingerprint density at radius 3 is 2.67 bits per heavy atom. The summed E-state index contributed by atoms with van der Waals surface area (Å²) in [5.74, 6) is 0. The fraction of sp³-hybridized carbons (Fsp3) is 0.357. The molecular formula is C14H18BrN3. The van der Waals surface area contributed by atoms with E-state index in [9.17, 15) is 0 Å². The van der Waals surface area contributed by atoms with Gasteiger partial charge in [-0.05, 0) is 44.5 Å². The van der Waals surface area contributed by atoms with Crippen LogP contribution in [0.4, 0.5) is 0 Å². The maximum Gasteiger partial charge on any atom is 0.0656 e. The summed E-state index contributed by atoms with van der Waals surface area (Å²) in [6.45, 7) is 7.35. The number of nitrogens with zero attached hydrogens (tertiary/aromatic N) is 2. The average molecular weight is 308 g/mol. The number of hydrogen-bond acceptors (Lipinski definition) is 2. The van der Waals surface area contributed by atoms with Crippen molar-refractivity contribution < 1.29 is 0 Å². The maximum atomic E-state index is 4.22. The lowest BCUT2D eigenvalue weighted by Crippen LogP contribution is -2.35. The molecule has 0 saturated heterocycles.